The molecule has 0 aliphatic heterocycles. The molecule has 2 aromatic rings. The summed E-state index contributed by atoms with van der Waals surface area (Å²) in [5.74, 6) is -2.91. The lowest BCUT2D eigenvalue weighted by Gasteiger charge is -2.23. The number of aromatic nitrogens is 1. The Hall–Kier alpha value is -3.44. The van der Waals surface area contributed by atoms with E-state index >= 15 is 0 Å². The van der Waals surface area contributed by atoms with E-state index in [-0.39, 0.29) is 6.42 Å². The van der Waals surface area contributed by atoms with Crippen LogP contribution in [0.15, 0.2) is 30.5 Å². The molecule has 11 heteroatoms. The zero-order valence-electron chi connectivity index (χ0n) is 19.5. The van der Waals surface area contributed by atoms with Crippen LogP contribution in [0.4, 0.5) is 0 Å². The number of nitrogens with one attached hydrogen (secondary N) is 4. The SMILES string of the molecule is CC(NC(=O)C(Cc1c[nH]c2ccccc12)NC(=O)C(C)NC(=O)C(N)CCCCN)C(=O)O. The predicted octanol–water partition coefficient (Wildman–Crippen LogP) is -0.254. The van der Waals surface area contributed by atoms with Crippen LogP contribution >= 0.6 is 0 Å². The van der Waals surface area contributed by atoms with Gasteiger partial charge in [-0.3, -0.25) is 19.2 Å². The Bertz CT molecular complexity index is 1010. The van der Waals surface area contributed by atoms with Crippen molar-refractivity contribution in [1.82, 2.24) is 20.9 Å². The molecule has 1 aromatic heterocycles. The van der Waals surface area contributed by atoms with Crippen molar-refractivity contribution in [1.29, 1.82) is 0 Å². The Morgan fingerprint density at radius 1 is 0.971 bits per heavy atom. The van der Waals surface area contributed by atoms with Crippen molar-refractivity contribution in [2.45, 2.75) is 63.7 Å². The van der Waals surface area contributed by atoms with Crippen LogP contribution in [0.3, 0.4) is 0 Å². The number of benzene rings is 1. The largest absolute Gasteiger partial charge is 0.480 e. The van der Waals surface area contributed by atoms with Gasteiger partial charge in [-0.05, 0) is 44.9 Å². The first-order valence-corrected chi connectivity index (χ1v) is 11.3. The van der Waals surface area contributed by atoms with Crippen LogP contribution in [0.1, 0.15) is 38.7 Å². The number of aromatic amines is 1. The number of aliphatic carboxylic acids is 1. The second kappa shape index (κ2) is 12.7. The first kappa shape index (κ1) is 26.8. The number of nitrogens with two attached hydrogens (primary N) is 2. The first-order valence-electron chi connectivity index (χ1n) is 11.3. The molecule has 0 spiro atoms. The van der Waals surface area contributed by atoms with Gasteiger partial charge in [0.15, 0.2) is 0 Å². The predicted molar refractivity (Wildman–Crippen MR) is 128 cm³/mol. The Morgan fingerprint density at radius 3 is 2.32 bits per heavy atom. The van der Waals surface area contributed by atoms with Gasteiger partial charge in [0.1, 0.15) is 18.1 Å². The molecule has 1 heterocycles. The standard InChI is InChI=1S/C23H34N6O5/c1-13(27-21(31)17(25)8-5-6-10-24)20(30)29-19(22(32)28-14(2)23(33)34)11-15-12-26-18-9-4-3-7-16(15)18/h3-4,7,9,12-14,17,19,26H,5-6,8,10-11,24-25H2,1-2H3,(H,27,31)(H,28,32)(H,29,30)(H,33,34). The van der Waals surface area contributed by atoms with Crippen molar-refractivity contribution < 1.29 is 24.3 Å². The van der Waals surface area contributed by atoms with Gasteiger partial charge in [-0.25, -0.2) is 0 Å². The molecule has 0 bridgehead atoms. The lowest BCUT2D eigenvalue weighted by atomic mass is 10.0. The third-order valence-corrected chi connectivity index (χ3v) is 5.52. The summed E-state index contributed by atoms with van der Waals surface area (Å²) in [5, 5.41) is 17.6. The van der Waals surface area contributed by atoms with Crippen molar-refractivity contribution in [2.75, 3.05) is 6.54 Å². The number of hydrogen-bond donors (Lipinski definition) is 7. The summed E-state index contributed by atoms with van der Waals surface area (Å²) in [5.41, 5.74) is 13.0. The Kier molecular flexibility index (Phi) is 10.0. The fourth-order valence-electron chi connectivity index (χ4n) is 3.43. The quantitative estimate of drug-likeness (QED) is 0.194. The number of carboxylic acids is 1. The van der Waals surface area contributed by atoms with E-state index < -0.39 is 47.9 Å². The van der Waals surface area contributed by atoms with Crippen LogP contribution in [0, 0.1) is 0 Å². The van der Waals surface area contributed by atoms with Crippen LogP contribution in [-0.2, 0) is 25.6 Å². The lowest BCUT2D eigenvalue weighted by Crippen LogP contribution is -2.56. The van der Waals surface area contributed by atoms with Crippen molar-refractivity contribution in [3.8, 4) is 0 Å². The van der Waals surface area contributed by atoms with Crippen LogP contribution in [0.5, 0.6) is 0 Å². The van der Waals surface area contributed by atoms with Gasteiger partial charge >= 0.3 is 5.97 Å². The van der Waals surface area contributed by atoms with Crippen molar-refractivity contribution >= 4 is 34.6 Å². The second-order valence-electron chi connectivity index (χ2n) is 8.31. The van der Waals surface area contributed by atoms with Crippen LogP contribution < -0.4 is 27.4 Å². The Labute approximate surface area is 198 Å². The maximum absolute atomic E-state index is 12.8. The molecule has 0 aliphatic rings. The Balaban J connectivity index is 2.10. The maximum atomic E-state index is 12.8. The van der Waals surface area contributed by atoms with E-state index in [9.17, 15) is 19.2 Å². The zero-order valence-corrected chi connectivity index (χ0v) is 19.5. The molecule has 34 heavy (non-hydrogen) atoms. The highest BCUT2D eigenvalue weighted by molar-refractivity contribution is 5.94. The second-order valence-corrected chi connectivity index (χ2v) is 8.31. The van der Waals surface area contributed by atoms with Crippen molar-refractivity contribution in [2.24, 2.45) is 11.5 Å². The minimum Gasteiger partial charge on any atom is -0.480 e. The number of carbonyl (C=O) groups is 4. The van der Waals surface area contributed by atoms with Gasteiger partial charge in [0.2, 0.25) is 17.7 Å². The van der Waals surface area contributed by atoms with Crippen molar-refractivity contribution in [3.63, 3.8) is 0 Å². The number of unbranched alkanes of at least 4 members (excludes halogenated alkanes) is 1. The first-order chi connectivity index (χ1) is 16.1. The van der Waals surface area contributed by atoms with Gasteiger partial charge < -0.3 is 37.5 Å². The Morgan fingerprint density at radius 2 is 1.65 bits per heavy atom. The summed E-state index contributed by atoms with van der Waals surface area (Å²) in [6.07, 6.45) is 3.74. The average molecular weight is 475 g/mol. The molecule has 1 aromatic carbocycles. The minimum absolute atomic E-state index is 0.118. The molecule has 0 aliphatic carbocycles. The molecule has 0 saturated carbocycles. The molecule has 2 rings (SSSR count). The van der Waals surface area contributed by atoms with E-state index in [4.69, 9.17) is 16.6 Å². The topological polar surface area (TPSA) is 192 Å². The summed E-state index contributed by atoms with van der Waals surface area (Å²) in [6.45, 7) is 3.33. The highest BCUT2D eigenvalue weighted by atomic mass is 16.4. The van der Waals surface area contributed by atoms with E-state index in [1.54, 1.807) is 6.20 Å². The summed E-state index contributed by atoms with van der Waals surface area (Å²) in [6, 6.07) is 3.55. The molecule has 0 fully saturated rings. The van der Waals surface area contributed by atoms with Crippen LogP contribution in [-0.4, -0.2) is 64.5 Å². The molecular weight excluding hydrogens is 440 g/mol. The molecule has 186 valence electrons. The number of H-pyrrole nitrogens is 1. The van der Waals surface area contributed by atoms with Crippen LogP contribution in [0.2, 0.25) is 0 Å². The number of carbonyl (C=O) groups excluding carboxylic acids is 3. The maximum Gasteiger partial charge on any atom is 0.325 e. The van der Waals surface area contributed by atoms with Gasteiger partial charge in [0, 0.05) is 23.5 Å². The molecule has 11 nitrogen and oxygen atoms in total. The van der Waals surface area contributed by atoms with Gasteiger partial charge in [-0.15, -0.1) is 0 Å². The highest BCUT2D eigenvalue weighted by Crippen LogP contribution is 2.19. The molecule has 9 N–H and O–H groups in total. The summed E-state index contributed by atoms with van der Waals surface area (Å²) in [4.78, 5) is 52.2. The van der Waals surface area contributed by atoms with Crippen LogP contribution in [0.25, 0.3) is 10.9 Å². The molecule has 0 saturated heterocycles. The number of hydrogen-bond acceptors (Lipinski definition) is 6. The fourth-order valence-corrected chi connectivity index (χ4v) is 3.43. The molecule has 4 atom stereocenters. The van der Waals surface area contributed by atoms with E-state index in [1.165, 1.54) is 13.8 Å². The summed E-state index contributed by atoms with van der Waals surface area (Å²) >= 11 is 0. The van der Waals surface area contributed by atoms with Crippen molar-refractivity contribution in [3.05, 3.63) is 36.0 Å². The number of amides is 3. The molecule has 3 amide bonds. The fraction of sp³-hybridized carbons (Fsp3) is 0.478. The van der Waals surface area contributed by atoms with E-state index in [0.29, 0.717) is 19.4 Å². The van der Waals surface area contributed by atoms with E-state index in [0.717, 1.165) is 22.9 Å². The van der Waals surface area contributed by atoms with E-state index in [2.05, 4.69) is 20.9 Å². The zero-order chi connectivity index (χ0) is 25.3. The van der Waals surface area contributed by atoms with Gasteiger partial charge in [-0.1, -0.05) is 24.6 Å². The minimum atomic E-state index is -1.20. The third-order valence-electron chi connectivity index (χ3n) is 5.52. The van der Waals surface area contributed by atoms with Gasteiger partial charge in [-0.2, -0.15) is 0 Å². The average Bonchev–Trinajstić information content (AvgIpc) is 3.21. The lowest BCUT2D eigenvalue weighted by molar-refractivity contribution is -0.141. The number of carboxylic acid groups (broad SMARTS) is 1. The third kappa shape index (κ3) is 7.56. The summed E-state index contributed by atoms with van der Waals surface area (Å²) in [7, 11) is 0. The van der Waals surface area contributed by atoms with Gasteiger partial charge in [0.25, 0.3) is 0 Å². The molecule has 4 unspecified atom stereocenters. The monoisotopic (exact) mass is 474 g/mol. The van der Waals surface area contributed by atoms with Gasteiger partial charge in [0.05, 0.1) is 6.04 Å². The van der Waals surface area contributed by atoms with E-state index in [1.807, 2.05) is 24.3 Å². The smallest absolute Gasteiger partial charge is 0.325 e. The molecule has 0 radical (unpaired) electrons. The molecular formula is C23H34N6O5. The normalized spacial score (nSPS) is 14.6. The summed E-state index contributed by atoms with van der Waals surface area (Å²) < 4.78 is 0. The number of fused-ring (bicyclic) bond motifs is 1. The highest BCUT2D eigenvalue weighted by Gasteiger charge is 2.28. The number of para-hydroxylation sites is 1. The number of rotatable bonds is 13.